The van der Waals surface area contributed by atoms with E-state index in [1.807, 2.05) is 29.9 Å². The molecule has 0 amide bonds. The molecule has 6 heteroatoms. The molecule has 19 heavy (non-hydrogen) atoms. The number of thiazole rings is 1. The van der Waals surface area contributed by atoms with E-state index in [0.29, 0.717) is 12.4 Å². The van der Waals surface area contributed by atoms with E-state index in [1.165, 1.54) is 0 Å². The van der Waals surface area contributed by atoms with Gasteiger partial charge in [0.05, 0.1) is 12.4 Å². The van der Waals surface area contributed by atoms with Crippen LogP contribution in [0.2, 0.25) is 0 Å². The van der Waals surface area contributed by atoms with Gasteiger partial charge in [0.1, 0.15) is 16.3 Å². The molecule has 0 aliphatic heterocycles. The van der Waals surface area contributed by atoms with Gasteiger partial charge in [0.25, 0.3) is 0 Å². The van der Waals surface area contributed by atoms with Crippen LogP contribution in [0.1, 0.15) is 22.1 Å². The summed E-state index contributed by atoms with van der Waals surface area (Å²) < 4.78 is 2.05. The summed E-state index contributed by atoms with van der Waals surface area (Å²) in [5.41, 5.74) is 3.96. The van der Waals surface area contributed by atoms with E-state index >= 15 is 0 Å². The van der Waals surface area contributed by atoms with Crippen molar-refractivity contribution >= 4 is 34.1 Å². The molecule has 0 bridgehead atoms. The molecule has 0 N–H and O–H groups in total. The van der Waals surface area contributed by atoms with Crippen molar-refractivity contribution in [3.63, 3.8) is 0 Å². The molecule has 0 aliphatic rings. The van der Waals surface area contributed by atoms with Gasteiger partial charge >= 0.3 is 0 Å². The number of alkyl halides is 1. The first-order valence-electron chi connectivity index (χ1n) is 5.96. The van der Waals surface area contributed by atoms with Gasteiger partial charge < -0.3 is 4.57 Å². The summed E-state index contributed by atoms with van der Waals surface area (Å²) in [6.45, 7) is 4.71. The topological polar surface area (TPSA) is 43.6 Å². The number of imidazole rings is 1. The van der Waals surface area contributed by atoms with Crippen LogP contribution in [-0.2, 0) is 12.4 Å². The van der Waals surface area contributed by atoms with E-state index < -0.39 is 0 Å². The highest BCUT2D eigenvalue weighted by Gasteiger charge is 2.14. The van der Waals surface area contributed by atoms with Crippen LogP contribution < -0.4 is 0 Å². The molecular weight excluding hydrogens is 280 g/mol. The van der Waals surface area contributed by atoms with E-state index in [4.69, 9.17) is 11.6 Å². The molecule has 0 saturated heterocycles. The molecule has 0 fully saturated rings. The van der Waals surface area contributed by atoms with Crippen molar-refractivity contribution in [2.24, 2.45) is 0 Å². The lowest BCUT2D eigenvalue weighted by atomic mass is 10.3. The SMILES string of the molecule is Cc1csc(Cn2c(CCl)nc3c(C)ccnc32)n1. The van der Waals surface area contributed by atoms with Crippen LogP contribution in [-0.4, -0.2) is 19.5 Å². The van der Waals surface area contributed by atoms with Gasteiger partial charge in [0, 0.05) is 17.3 Å². The molecule has 3 aromatic rings. The number of hydrogen-bond acceptors (Lipinski definition) is 4. The number of pyridine rings is 1. The Morgan fingerprint density at radius 2 is 2.16 bits per heavy atom. The fraction of sp³-hybridized carbons (Fsp3) is 0.308. The zero-order valence-electron chi connectivity index (χ0n) is 10.7. The second-order valence-corrected chi connectivity index (χ2v) is 5.64. The highest BCUT2D eigenvalue weighted by molar-refractivity contribution is 7.09. The van der Waals surface area contributed by atoms with Gasteiger partial charge in [0.2, 0.25) is 0 Å². The molecule has 3 aromatic heterocycles. The Morgan fingerprint density at radius 3 is 2.84 bits per heavy atom. The Bertz CT molecular complexity index is 731. The molecule has 0 saturated carbocycles. The van der Waals surface area contributed by atoms with Gasteiger partial charge in [0.15, 0.2) is 5.65 Å². The van der Waals surface area contributed by atoms with Crippen molar-refractivity contribution in [2.75, 3.05) is 0 Å². The Morgan fingerprint density at radius 1 is 1.32 bits per heavy atom. The number of aromatic nitrogens is 4. The molecular formula is C13H13ClN4S. The maximum atomic E-state index is 6.00. The van der Waals surface area contributed by atoms with Gasteiger partial charge in [-0.15, -0.1) is 22.9 Å². The lowest BCUT2D eigenvalue weighted by Gasteiger charge is -2.04. The quantitative estimate of drug-likeness (QED) is 0.696. The molecule has 0 unspecified atom stereocenters. The van der Waals surface area contributed by atoms with Crippen molar-refractivity contribution in [1.29, 1.82) is 0 Å². The third-order valence-electron chi connectivity index (χ3n) is 2.99. The average molecular weight is 293 g/mol. The summed E-state index contributed by atoms with van der Waals surface area (Å²) in [7, 11) is 0. The lowest BCUT2D eigenvalue weighted by Crippen LogP contribution is -2.04. The van der Waals surface area contributed by atoms with E-state index in [2.05, 4.69) is 15.0 Å². The van der Waals surface area contributed by atoms with Gasteiger partial charge in [-0.1, -0.05) is 0 Å². The van der Waals surface area contributed by atoms with Gasteiger partial charge in [-0.2, -0.15) is 0 Å². The first kappa shape index (κ1) is 12.6. The molecule has 3 heterocycles. The predicted molar refractivity (Wildman–Crippen MR) is 77.8 cm³/mol. The maximum absolute atomic E-state index is 6.00. The Kier molecular flexibility index (Phi) is 3.24. The third kappa shape index (κ3) is 2.24. The number of aryl methyl sites for hydroxylation is 2. The minimum Gasteiger partial charge on any atom is -0.305 e. The van der Waals surface area contributed by atoms with E-state index in [-0.39, 0.29) is 0 Å². The summed E-state index contributed by atoms with van der Waals surface area (Å²) in [6.07, 6.45) is 1.81. The molecule has 3 rings (SSSR count). The van der Waals surface area contributed by atoms with Gasteiger partial charge in [-0.05, 0) is 25.5 Å². The molecule has 0 spiro atoms. The largest absolute Gasteiger partial charge is 0.305 e. The highest BCUT2D eigenvalue weighted by atomic mass is 35.5. The summed E-state index contributed by atoms with van der Waals surface area (Å²) in [5, 5.41) is 3.10. The third-order valence-corrected chi connectivity index (χ3v) is 4.18. The minimum atomic E-state index is 0.375. The van der Waals surface area contributed by atoms with Crippen LogP contribution in [0.4, 0.5) is 0 Å². The first-order chi connectivity index (χ1) is 9.19. The molecule has 0 radical (unpaired) electrons. The second-order valence-electron chi connectivity index (χ2n) is 4.43. The fourth-order valence-electron chi connectivity index (χ4n) is 2.06. The van der Waals surface area contributed by atoms with Crippen LogP contribution >= 0.6 is 22.9 Å². The molecule has 4 nitrogen and oxygen atoms in total. The zero-order chi connectivity index (χ0) is 13.4. The minimum absolute atomic E-state index is 0.375. The summed E-state index contributed by atoms with van der Waals surface area (Å²) in [5.74, 6) is 1.21. The van der Waals surface area contributed by atoms with E-state index in [1.54, 1.807) is 17.5 Å². The average Bonchev–Trinajstić information content (AvgIpc) is 2.96. The van der Waals surface area contributed by atoms with E-state index in [0.717, 1.165) is 33.3 Å². The smallest absolute Gasteiger partial charge is 0.160 e. The van der Waals surface area contributed by atoms with Crippen molar-refractivity contribution in [1.82, 2.24) is 19.5 Å². The fourth-order valence-corrected chi connectivity index (χ4v) is 3.03. The number of rotatable bonds is 3. The van der Waals surface area contributed by atoms with Crippen molar-refractivity contribution in [3.05, 3.63) is 39.7 Å². The van der Waals surface area contributed by atoms with Crippen LogP contribution in [0, 0.1) is 13.8 Å². The summed E-state index contributed by atoms with van der Waals surface area (Å²) >= 11 is 7.65. The first-order valence-corrected chi connectivity index (χ1v) is 7.38. The van der Waals surface area contributed by atoms with Crippen LogP contribution in [0.15, 0.2) is 17.6 Å². The Labute approximate surface area is 120 Å². The van der Waals surface area contributed by atoms with Gasteiger partial charge in [-0.25, -0.2) is 15.0 Å². The number of nitrogens with zero attached hydrogens (tertiary/aromatic N) is 4. The van der Waals surface area contributed by atoms with Gasteiger partial charge in [-0.3, -0.25) is 0 Å². The Hall–Kier alpha value is -1.46. The van der Waals surface area contributed by atoms with Crippen LogP contribution in [0.25, 0.3) is 11.2 Å². The predicted octanol–water partition coefficient (Wildman–Crippen LogP) is 3.29. The van der Waals surface area contributed by atoms with E-state index in [9.17, 15) is 0 Å². The zero-order valence-corrected chi connectivity index (χ0v) is 12.3. The Balaban J connectivity index is 2.13. The molecule has 0 aliphatic carbocycles. The number of halogens is 1. The monoisotopic (exact) mass is 292 g/mol. The summed E-state index contributed by atoms with van der Waals surface area (Å²) in [4.78, 5) is 13.5. The van der Waals surface area contributed by atoms with Crippen LogP contribution in [0.3, 0.4) is 0 Å². The standard InChI is InChI=1S/C13H13ClN4S/c1-8-3-4-15-13-12(8)17-10(5-14)18(13)6-11-16-9(2)7-19-11/h3-4,7H,5-6H2,1-2H3. The number of hydrogen-bond donors (Lipinski definition) is 0. The summed E-state index contributed by atoms with van der Waals surface area (Å²) in [6, 6.07) is 1.96. The molecule has 0 aromatic carbocycles. The number of fused-ring (bicyclic) bond motifs is 1. The lowest BCUT2D eigenvalue weighted by molar-refractivity contribution is 0.763. The highest BCUT2D eigenvalue weighted by Crippen LogP contribution is 2.21. The normalized spacial score (nSPS) is 11.3. The van der Waals surface area contributed by atoms with Crippen molar-refractivity contribution in [2.45, 2.75) is 26.3 Å². The van der Waals surface area contributed by atoms with Crippen molar-refractivity contribution in [3.8, 4) is 0 Å². The van der Waals surface area contributed by atoms with Crippen molar-refractivity contribution < 1.29 is 0 Å². The molecule has 0 atom stereocenters. The second kappa shape index (κ2) is 4.90. The maximum Gasteiger partial charge on any atom is 0.160 e. The van der Waals surface area contributed by atoms with Crippen LogP contribution in [0.5, 0.6) is 0 Å². The molecule has 98 valence electrons.